The highest BCUT2D eigenvalue weighted by molar-refractivity contribution is 7.90. The van der Waals surface area contributed by atoms with E-state index in [9.17, 15) is 18.0 Å². The summed E-state index contributed by atoms with van der Waals surface area (Å²) in [6.45, 7) is 0. The fourth-order valence-electron chi connectivity index (χ4n) is 3.27. The first-order valence-electron chi connectivity index (χ1n) is 8.72. The molecule has 0 atom stereocenters. The number of nitrogens with one attached hydrogen (secondary N) is 2. The first kappa shape index (κ1) is 19.6. The maximum absolute atomic E-state index is 12.9. The molecule has 1 aliphatic carbocycles. The number of hydrogen-bond donors (Lipinski definition) is 2. The molecule has 1 saturated carbocycles. The van der Waals surface area contributed by atoms with E-state index in [1.165, 1.54) is 31.3 Å². The Bertz CT molecular complexity index is 1070. The second-order valence-corrected chi connectivity index (χ2v) is 8.35. The Kier molecular flexibility index (Phi) is 5.21. The minimum Gasteiger partial charge on any atom is -0.355 e. The third kappa shape index (κ3) is 3.49. The van der Waals surface area contributed by atoms with Crippen molar-refractivity contribution < 1.29 is 18.0 Å². The molecule has 28 heavy (non-hydrogen) atoms. The van der Waals surface area contributed by atoms with Crippen molar-refractivity contribution in [3.63, 3.8) is 0 Å². The van der Waals surface area contributed by atoms with Gasteiger partial charge in [-0.05, 0) is 54.8 Å². The van der Waals surface area contributed by atoms with Crippen LogP contribution in [0, 0.1) is 11.3 Å². The molecule has 2 aromatic rings. The Morgan fingerprint density at radius 2 is 1.79 bits per heavy atom. The van der Waals surface area contributed by atoms with E-state index in [4.69, 9.17) is 5.26 Å². The van der Waals surface area contributed by atoms with Crippen molar-refractivity contribution in [2.75, 3.05) is 7.05 Å². The highest BCUT2D eigenvalue weighted by Gasteiger charge is 2.47. The zero-order valence-electron chi connectivity index (χ0n) is 15.2. The number of sulfonamides is 1. The molecule has 3 rings (SSSR count). The number of nitriles is 1. The lowest BCUT2D eigenvalue weighted by atomic mass is 9.64. The van der Waals surface area contributed by atoms with E-state index in [1.807, 2.05) is 6.07 Å². The minimum absolute atomic E-state index is 0.103. The Morgan fingerprint density at radius 1 is 1.11 bits per heavy atom. The van der Waals surface area contributed by atoms with E-state index < -0.39 is 21.3 Å². The molecule has 0 unspecified atom stereocenters. The quantitative estimate of drug-likeness (QED) is 0.799. The Balaban J connectivity index is 1.86. The van der Waals surface area contributed by atoms with Crippen LogP contribution in [0.4, 0.5) is 0 Å². The molecule has 0 spiro atoms. The van der Waals surface area contributed by atoms with Crippen LogP contribution in [0.3, 0.4) is 0 Å². The van der Waals surface area contributed by atoms with Crippen LogP contribution in [0.25, 0.3) is 0 Å². The van der Waals surface area contributed by atoms with Crippen molar-refractivity contribution in [1.29, 1.82) is 5.26 Å². The summed E-state index contributed by atoms with van der Waals surface area (Å²) in [5.74, 6) is -0.942. The second-order valence-electron chi connectivity index (χ2n) is 6.67. The maximum atomic E-state index is 12.9. The van der Waals surface area contributed by atoms with Crippen LogP contribution in [0.5, 0.6) is 0 Å². The van der Waals surface area contributed by atoms with Crippen molar-refractivity contribution in [2.45, 2.75) is 29.6 Å². The van der Waals surface area contributed by atoms with E-state index in [0.717, 1.165) is 6.42 Å². The lowest BCUT2D eigenvalue weighted by molar-refractivity contribution is -0.128. The molecule has 0 aromatic heterocycles. The molecule has 8 heteroatoms. The fraction of sp³-hybridized carbons (Fsp3) is 0.250. The van der Waals surface area contributed by atoms with Crippen LogP contribution >= 0.6 is 0 Å². The molecule has 0 saturated heterocycles. The Morgan fingerprint density at radius 3 is 2.32 bits per heavy atom. The van der Waals surface area contributed by atoms with E-state index >= 15 is 0 Å². The van der Waals surface area contributed by atoms with Crippen molar-refractivity contribution in [3.8, 4) is 6.07 Å². The topological polar surface area (TPSA) is 116 Å². The first-order valence-corrected chi connectivity index (χ1v) is 10.2. The maximum Gasteiger partial charge on any atom is 0.264 e. The Labute approximate surface area is 163 Å². The van der Waals surface area contributed by atoms with Crippen molar-refractivity contribution >= 4 is 21.8 Å². The predicted octanol–water partition coefficient (Wildman–Crippen LogP) is 1.84. The van der Waals surface area contributed by atoms with Gasteiger partial charge in [-0.25, -0.2) is 13.1 Å². The smallest absolute Gasteiger partial charge is 0.264 e. The fourth-order valence-corrected chi connectivity index (χ4v) is 4.32. The van der Waals surface area contributed by atoms with E-state index in [1.54, 1.807) is 24.3 Å². The number of rotatable bonds is 5. The molecule has 2 N–H and O–H groups in total. The molecule has 0 bridgehead atoms. The van der Waals surface area contributed by atoms with Gasteiger partial charge in [0.2, 0.25) is 5.91 Å². The van der Waals surface area contributed by atoms with Crippen LogP contribution in [0.15, 0.2) is 53.4 Å². The van der Waals surface area contributed by atoms with Crippen LogP contribution in [0.1, 0.15) is 40.7 Å². The van der Waals surface area contributed by atoms with Gasteiger partial charge < -0.3 is 5.32 Å². The number of carbonyl (C=O) groups is 2. The molecule has 0 aliphatic heterocycles. The van der Waals surface area contributed by atoms with Gasteiger partial charge in [-0.3, -0.25) is 9.59 Å². The molecular weight excluding hydrogens is 378 g/mol. The van der Waals surface area contributed by atoms with Gasteiger partial charge in [-0.1, -0.05) is 18.6 Å². The van der Waals surface area contributed by atoms with Gasteiger partial charge in [0.05, 0.1) is 21.9 Å². The molecule has 0 heterocycles. The molecule has 1 aliphatic rings. The van der Waals surface area contributed by atoms with Gasteiger partial charge in [0, 0.05) is 12.6 Å². The predicted molar refractivity (Wildman–Crippen MR) is 102 cm³/mol. The monoisotopic (exact) mass is 397 g/mol. The highest BCUT2D eigenvalue weighted by Crippen LogP contribution is 2.44. The van der Waals surface area contributed by atoms with Crippen LogP contribution in [-0.2, 0) is 20.2 Å². The third-order valence-corrected chi connectivity index (χ3v) is 6.41. The number of amides is 2. The summed E-state index contributed by atoms with van der Waals surface area (Å²) < 4.78 is 27.5. The number of hydrogen-bond acceptors (Lipinski definition) is 5. The summed E-state index contributed by atoms with van der Waals surface area (Å²) in [5.41, 5.74) is 0.420. The molecular formula is C20H19N3O4S. The average molecular weight is 397 g/mol. The number of carbonyl (C=O) groups excluding carboxylic acids is 2. The summed E-state index contributed by atoms with van der Waals surface area (Å²) in [4.78, 5) is 24.4. The summed E-state index contributed by atoms with van der Waals surface area (Å²) in [6.07, 6.45) is 1.82. The Hall–Kier alpha value is -3.18. The van der Waals surface area contributed by atoms with Crippen molar-refractivity contribution in [1.82, 2.24) is 10.0 Å². The zero-order valence-corrected chi connectivity index (χ0v) is 16.0. The van der Waals surface area contributed by atoms with Crippen molar-refractivity contribution in [2.24, 2.45) is 0 Å². The van der Waals surface area contributed by atoms with Gasteiger partial charge in [0.1, 0.15) is 0 Å². The van der Waals surface area contributed by atoms with E-state index in [-0.39, 0.29) is 10.8 Å². The molecule has 0 radical (unpaired) electrons. The molecule has 7 nitrogen and oxygen atoms in total. The first-order chi connectivity index (χ1) is 13.3. The molecule has 2 amide bonds. The lowest BCUT2D eigenvalue weighted by Crippen LogP contribution is -2.50. The van der Waals surface area contributed by atoms with E-state index in [2.05, 4.69) is 10.0 Å². The van der Waals surface area contributed by atoms with Gasteiger partial charge in [-0.2, -0.15) is 5.26 Å². The standard InChI is InChI=1S/C20H19N3O4S/c1-22-18(24)15-6-8-17(9-7-15)28(26,27)23-19(25)20(10-3-11-20)16-5-2-4-14(12-16)13-21/h2,4-9,12H,3,10-11H2,1H3,(H,22,24)(H,23,25). The zero-order chi connectivity index (χ0) is 20.4. The highest BCUT2D eigenvalue weighted by atomic mass is 32.2. The summed E-state index contributed by atoms with van der Waals surface area (Å²) in [6, 6.07) is 14.1. The van der Waals surface area contributed by atoms with Crippen LogP contribution < -0.4 is 10.0 Å². The summed E-state index contributed by atoms with van der Waals surface area (Å²) in [7, 11) is -2.61. The van der Waals surface area contributed by atoms with Crippen LogP contribution in [-0.4, -0.2) is 27.3 Å². The largest absolute Gasteiger partial charge is 0.355 e. The normalized spacial score (nSPS) is 15.0. The molecule has 2 aromatic carbocycles. The van der Waals surface area contributed by atoms with Gasteiger partial charge in [0.25, 0.3) is 15.9 Å². The third-order valence-electron chi connectivity index (χ3n) is 5.07. The second kappa shape index (κ2) is 7.44. The SMILES string of the molecule is CNC(=O)c1ccc(S(=O)(=O)NC(=O)C2(c3cccc(C#N)c3)CCC2)cc1. The van der Waals surface area contributed by atoms with Gasteiger partial charge in [0.15, 0.2) is 0 Å². The van der Waals surface area contributed by atoms with Gasteiger partial charge in [-0.15, -0.1) is 0 Å². The van der Waals surface area contributed by atoms with Crippen LogP contribution in [0.2, 0.25) is 0 Å². The molecule has 144 valence electrons. The summed E-state index contributed by atoms with van der Waals surface area (Å²) in [5, 5.41) is 11.5. The van der Waals surface area contributed by atoms with E-state index in [0.29, 0.717) is 29.5 Å². The van der Waals surface area contributed by atoms with Gasteiger partial charge >= 0.3 is 0 Å². The summed E-state index contributed by atoms with van der Waals surface area (Å²) >= 11 is 0. The molecule has 1 fully saturated rings. The minimum atomic E-state index is -4.09. The van der Waals surface area contributed by atoms with Crippen molar-refractivity contribution in [3.05, 3.63) is 65.2 Å². The lowest BCUT2D eigenvalue weighted by Gasteiger charge is -2.40. The number of benzene rings is 2. The number of nitrogens with zero attached hydrogens (tertiary/aromatic N) is 1. The average Bonchev–Trinajstić information content (AvgIpc) is 2.66.